The molecule has 0 aromatic carbocycles. The Labute approximate surface area is 91.2 Å². The molecule has 2 aromatic heterocycles. The standard InChI is InChI=1S/C10H11N3OS/c1-10(14)4-13(5-10)9-8-7(2-3-15-8)11-6-12-9/h2-3,6,14H,4-5H2,1H3. The summed E-state index contributed by atoms with van der Waals surface area (Å²) in [7, 11) is 0. The predicted octanol–water partition coefficient (Wildman–Crippen LogP) is 1.26. The van der Waals surface area contributed by atoms with E-state index in [0.717, 1.165) is 16.0 Å². The van der Waals surface area contributed by atoms with Crippen molar-refractivity contribution in [3.8, 4) is 0 Å². The molecule has 1 saturated heterocycles. The zero-order chi connectivity index (χ0) is 10.5. The third kappa shape index (κ3) is 1.39. The monoisotopic (exact) mass is 221 g/mol. The van der Waals surface area contributed by atoms with Crippen LogP contribution in [0, 0.1) is 0 Å². The van der Waals surface area contributed by atoms with Crippen molar-refractivity contribution in [2.75, 3.05) is 18.0 Å². The van der Waals surface area contributed by atoms with Gasteiger partial charge in [0.1, 0.15) is 12.1 Å². The van der Waals surface area contributed by atoms with E-state index in [9.17, 15) is 5.11 Å². The maximum Gasteiger partial charge on any atom is 0.150 e. The summed E-state index contributed by atoms with van der Waals surface area (Å²) in [6.45, 7) is 3.14. The smallest absolute Gasteiger partial charge is 0.150 e. The lowest BCUT2D eigenvalue weighted by atomic mass is 9.97. The van der Waals surface area contributed by atoms with Crippen molar-refractivity contribution in [2.24, 2.45) is 0 Å². The summed E-state index contributed by atoms with van der Waals surface area (Å²) < 4.78 is 1.10. The van der Waals surface area contributed by atoms with Gasteiger partial charge in [0.25, 0.3) is 0 Å². The van der Waals surface area contributed by atoms with Crippen molar-refractivity contribution in [3.05, 3.63) is 17.8 Å². The van der Waals surface area contributed by atoms with E-state index in [2.05, 4.69) is 14.9 Å². The molecule has 0 unspecified atom stereocenters. The first-order valence-corrected chi connectivity index (χ1v) is 5.69. The Hall–Kier alpha value is -1.20. The number of hydrogen-bond acceptors (Lipinski definition) is 5. The number of anilines is 1. The van der Waals surface area contributed by atoms with E-state index in [1.165, 1.54) is 0 Å². The minimum atomic E-state index is -0.561. The van der Waals surface area contributed by atoms with E-state index in [-0.39, 0.29) is 0 Å². The molecule has 1 aliphatic heterocycles. The van der Waals surface area contributed by atoms with Crippen LogP contribution in [-0.4, -0.2) is 33.8 Å². The minimum Gasteiger partial charge on any atom is -0.386 e. The molecule has 0 aliphatic carbocycles. The van der Waals surface area contributed by atoms with Crippen LogP contribution in [0.25, 0.3) is 10.2 Å². The SMILES string of the molecule is CC1(O)CN(c2ncnc3ccsc23)C1. The molecule has 3 heterocycles. The van der Waals surface area contributed by atoms with Crippen molar-refractivity contribution in [1.82, 2.24) is 9.97 Å². The maximum absolute atomic E-state index is 9.69. The quantitative estimate of drug-likeness (QED) is 0.787. The highest BCUT2D eigenvalue weighted by Crippen LogP contribution is 2.33. The molecule has 0 amide bonds. The molecule has 0 bridgehead atoms. The van der Waals surface area contributed by atoms with E-state index >= 15 is 0 Å². The van der Waals surface area contributed by atoms with Crippen molar-refractivity contribution in [3.63, 3.8) is 0 Å². The maximum atomic E-state index is 9.69. The Balaban J connectivity index is 2.02. The van der Waals surface area contributed by atoms with Crippen LogP contribution < -0.4 is 4.90 Å². The molecule has 0 spiro atoms. The molecular weight excluding hydrogens is 210 g/mol. The van der Waals surface area contributed by atoms with Crippen LogP contribution in [0.2, 0.25) is 0 Å². The zero-order valence-electron chi connectivity index (χ0n) is 8.34. The van der Waals surface area contributed by atoms with Crippen LogP contribution in [0.1, 0.15) is 6.92 Å². The summed E-state index contributed by atoms with van der Waals surface area (Å²) in [6, 6.07) is 1.99. The lowest BCUT2D eigenvalue weighted by Gasteiger charge is -2.44. The number of hydrogen-bond donors (Lipinski definition) is 1. The number of fused-ring (bicyclic) bond motifs is 1. The van der Waals surface area contributed by atoms with Gasteiger partial charge < -0.3 is 10.0 Å². The minimum absolute atomic E-state index is 0.561. The van der Waals surface area contributed by atoms with Crippen LogP contribution in [0.3, 0.4) is 0 Å². The molecule has 0 saturated carbocycles. The summed E-state index contributed by atoms with van der Waals surface area (Å²) in [5.41, 5.74) is 0.422. The highest BCUT2D eigenvalue weighted by molar-refractivity contribution is 7.17. The predicted molar refractivity (Wildman–Crippen MR) is 60.3 cm³/mol. The number of β-amino-alcohol motifs (C(OH)–C–C–N with tert-alkyl or cyclic N) is 1. The van der Waals surface area contributed by atoms with Gasteiger partial charge in [0.05, 0.1) is 15.8 Å². The normalized spacial score (nSPS) is 19.2. The van der Waals surface area contributed by atoms with Crippen LogP contribution in [0.5, 0.6) is 0 Å². The summed E-state index contributed by atoms with van der Waals surface area (Å²) in [5, 5.41) is 11.7. The van der Waals surface area contributed by atoms with Crippen LogP contribution in [-0.2, 0) is 0 Å². The molecule has 1 N–H and O–H groups in total. The van der Waals surface area contributed by atoms with Crippen molar-refractivity contribution < 1.29 is 5.11 Å². The van der Waals surface area contributed by atoms with Gasteiger partial charge >= 0.3 is 0 Å². The molecule has 4 nitrogen and oxygen atoms in total. The van der Waals surface area contributed by atoms with E-state index in [4.69, 9.17) is 0 Å². The molecular formula is C10H11N3OS. The topological polar surface area (TPSA) is 49.2 Å². The van der Waals surface area contributed by atoms with Gasteiger partial charge in [0.2, 0.25) is 0 Å². The van der Waals surface area contributed by atoms with E-state index < -0.39 is 5.60 Å². The average Bonchev–Trinajstić information content (AvgIpc) is 2.60. The van der Waals surface area contributed by atoms with Gasteiger partial charge in [-0.2, -0.15) is 0 Å². The molecule has 3 rings (SSSR count). The lowest BCUT2D eigenvalue weighted by molar-refractivity contribution is 0.0307. The second-order valence-electron chi connectivity index (χ2n) is 4.19. The van der Waals surface area contributed by atoms with Gasteiger partial charge in [0, 0.05) is 13.1 Å². The number of aliphatic hydroxyl groups is 1. The number of thiophene rings is 1. The fraction of sp³-hybridized carbons (Fsp3) is 0.400. The molecule has 1 aliphatic rings. The van der Waals surface area contributed by atoms with Gasteiger partial charge in [-0.1, -0.05) is 0 Å². The number of nitrogens with zero attached hydrogens (tertiary/aromatic N) is 3. The number of aromatic nitrogens is 2. The first-order valence-electron chi connectivity index (χ1n) is 4.81. The highest BCUT2D eigenvalue weighted by atomic mass is 32.1. The van der Waals surface area contributed by atoms with Gasteiger partial charge in [-0.15, -0.1) is 11.3 Å². The van der Waals surface area contributed by atoms with Gasteiger partial charge in [-0.25, -0.2) is 9.97 Å². The van der Waals surface area contributed by atoms with E-state index in [1.54, 1.807) is 17.7 Å². The Morgan fingerprint density at radius 3 is 3.00 bits per heavy atom. The Kier molecular flexibility index (Phi) is 1.75. The Morgan fingerprint density at radius 1 is 1.47 bits per heavy atom. The molecule has 2 aromatic rings. The first kappa shape index (κ1) is 9.06. The Morgan fingerprint density at radius 2 is 2.27 bits per heavy atom. The van der Waals surface area contributed by atoms with Gasteiger partial charge in [0.15, 0.2) is 0 Å². The molecule has 15 heavy (non-hydrogen) atoms. The fourth-order valence-corrected chi connectivity index (χ4v) is 2.79. The molecule has 0 atom stereocenters. The first-order chi connectivity index (χ1) is 7.16. The van der Waals surface area contributed by atoms with Crippen LogP contribution >= 0.6 is 11.3 Å². The zero-order valence-corrected chi connectivity index (χ0v) is 9.16. The van der Waals surface area contributed by atoms with E-state index in [1.807, 2.05) is 18.4 Å². The van der Waals surface area contributed by atoms with Crippen molar-refractivity contribution in [2.45, 2.75) is 12.5 Å². The largest absolute Gasteiger partial charge is 0.386 e. The van der Waals surface area contributed by atoms with E-state index in [0.29, 0.717) is 13.1 Å². The third-order valence-corrected chi connectivity index (χ3v) is 3.49. The summed E-state index contributed by atoms with van der Waals surface area (Å²) in [4.78, 5) is 10.6. The van der Waals surface area contributed by atoms with Gasteiger partial charge in [-0.05, 0) is 18.4 Å². The fourth-order valence-electron chi connectivity index (χ4n) is 1.93. The third-order valence-electron chi connectivity index (χ3n) is 2.59. The lowest BCUT2D eigenvalue weighted by Crippen LogP contribution is -2.60. The highest BCUT2D eigenvalue weighted by Gasteiger charge is 2.38. The summed E-state index contributed by atoms with van der Waals surface area (Å²) in [6.07, 6.45) is 1.58. The number of rotatable bonds is 1. The molecule has 0 radical (unpaired) electrons. The Bertz CT molecular complexity index is 500. The summed E-state index contributed by atoms with van der Waals surface area (Å²) in [5.74, 6) is 0.946. The average molecular weight is 221 g/mol. The molecule has 1 fully saturated rings. The second-order valence-corrected chi connectivity index (χ2v) is 5.10. The van der Waals surface area contributed by atoms with Crippen molar-refractivity contribution in [1.29, 1.82) is 0 Å². The second kappa shape index (κ2) is 2.90. The van der Waals surface area contributed by atoms with Crippen molar-refractivity contribution >= 4 is 27.4 Å². The van der Waals surface area contributed by atoms with Crippen LogP contribution in [0.4, 0.5) is 5.82 Å². The molecule has 5 heteroatoms. The van der Waals surface area contributed by atoms with Crippen LogP contribution in [0.15, 0.2) is 17.8 Å². The molecule has 78 valence electrons. The van der Waals surface area contributed by atoms with Gasteiger partial charge in [-0.3, -0.25) is 0 Å². The summed E-state index contributed by atoms with van der Waals surface area (Å²) >= 11 is 1.64.